The van der Waals surface area contributed by atoms with E-state index in [0.717, 1.165) is 9.79 Å². The summed E-state index contributed by atoms with van der Waals surface area (Å²) in [6, 6.07) is 11.3. The molecule has 0 radical (unpaired) electrons. The summed E-state index contributed by atoms with van der Waals surface area (Å²) in [6.07, 6.45) is 0. The minimum atomic E-state index is 0.694. The van der Waals surface area contributed by atoms with Gasteiger partial charge in [-0.05, 0) is 24.3 Å². The predicted molar refractivity (Wildman–Crippen MR) is 81.7 cm³/mol. The Morgan fingerprint density at radius 2 is 1.40 bits per heavy atom. The van der Waals surface area contributed by atoms with Gasteiger partial charge in [0.1, 0.15) is 17.2 Å². The minimum absolute atomic E-state index is 0.694. The summed E-state index contributed by atoms with van der Waals surface area (Å²) in [5.41, 5.74) is 0. The number of methoxy groups -OCH3 is 3. The van der Waals surface area contributed by atoms with E-state index in [2.05, 4.69) is 0 Å². The molecule has 0 unspecified atom stereocenters. The van der Waals surface area contributed by atoms with E-state index < -0.39 is 0 Å². The molecule has 106 valence electrons. The van der Waals surface area contributed by atoms with E-state index >= 15 is 0 Å². The summed E-state index contributed by atoms with van der Waals surface area (Å²) in [5.74, 6) is 2.11. The molecule has 5 heteroatoms. The van der Waals surface area contributed by atoms with E-state index in [0.29, 0.717) is 22.3 Å². The van der Waals surface area contributed by atoms with Gasteiger partial charge in [0.15, 0.2) is 0 Å². The maximum Gasteiger partial charge on any atom is 0.140 e. The molecule has 0 saturated heterocycles. The first-order valence-corrected chi connectivity index (χ1v) is 7.10. The molecular weight excluding hydrogens is 296 g/mol. The average molecular weight is 311 g/mol. The van der Waals surface area contributed by atoms with Crippen molar-refractivity contribution in [1.29, 1.82) is 0 Å². The molecule has 0 aliphatic rings. The predicted octanol–water partition coefficient (Wildman–Crippen LogP) is 4.52. The summed E-state index contributed by atoms with van der Waals surface area (Å²) in [7, 11) is 4.86. The van der Waals surface area contributed by atoms with Crippen LogP contribution in [0.4, 0.5) is 0 Å². The molecule has 20 heavy (non-hydrogen) atoms. The number of ether oxygens (including phenoxy) is 3. The van der Waals surface area contributed by atoms with Gasteiger partial charge in [0, 0.05) is 22.1 Å². The summed E-state index contributed by atoms with van der Waals surface area (Å²) >= 11 is 7.45. The number of hydrogen-bond donors (Lipinski definition) is 0. The van der Waals surface area contributed by atoms with Gasteiger partial charge in [-0.25, -0.2) is 0 Å². The van der Waals surface area contributed by atoms with Crippen LogP contribution in [0.15, 0.2) is 46.2 Å². The quantitative estimate of drug-likeness (QED) is 0.811. The summed E-state index contributed by atoms with van der Waals surface area (Å²) in [4.78, 5) is 1.95. The van der Waals surface area contributed by atoms with Crippen LogP contribution in [0.2, 0.25) is 5.02 Å². The minimum Gasteiger partial charge on any atom is -0.496 e. The van der Waals surface area contributed by atoms with Crippen molar-refractivity contribution in [3.8, 4) is 17.2 Å². The fourth-order valence-electron chi connectivity index (χ4n) is 1.69. The third kappa shape index (κ3) is 3.32. The average Bonchev–Trinajstić information content (AvgIpc) is 2.49. The zero-order chi connectivity index (χ0) is 14.5. The van der Waals surface area contributed by atoms with Gasteiger partial charge in [0.05, 0.1) is 26.2 Å². The largest absolute Gasteiger partial charge is 0.496 e. The van der Waals surface area contributed by atoms with Crippen molar-refractivity contribution in [2.75, 3.05) is 21.3 Å². The zero-order valence-electron chi connectivity index (χ0n) is 11.5. The molecule has 0 fully saturated rings. The lowest BCUT2D eigenvalue weighted by molar-refractivity contribution is 0.361. The fraction of sp³-hybridized carbons (Fsp3) is 0.200. The molecule has 0 aliphatic carbocycles. The Morgan fingerprint density at radius 3 is 1.85 bits per heavy atom. The van der Waals surface area contributed by atoms with Crippen molar-refractivity contribution in [2.45, 2.75) is 9.79 Å². The molecular formula is C15H15ClO3S. The van der Waals surface area contributed by atoms with Gasteiger partial charge in [-0.2, -0.15) is 0 Å². The molecule has 0 amide bonds. The van der Waals surface area contributed by atoms with Crippen molar-refractivity contribution in [3.63, 3.8) is 0 Å². The van der Waals surface area contributed by atoms with Crippen LogP contribution in [-0.2, 0) is 0 Å². The number of halogens is 1. The van der Waals surface area contributed by atoms with E-state index in [9.17, 15) is 0 Å². The Hall–Kier alpha value is -1.52. The second kappa shape index (κ2) is 6.77. The van der Waals surface area contributed by atoms with Crippen LogP contribution in [0.1, 0.15) is 0 Å². The van der Waals surface area contributed by atoms with Crippen LogP contribution in [0.3, 0.4) is 0 Å². The lowest BCUT2D eigenvalue weighted by atomic mass is 10.3. The highest BCUT2D eigenvalue weighted by Gasteiger charge is 2.14. The van der Waals surface area contributed by atoms with Gasteiger partial charge in [-0.15, -0.1) is 0 Å². The van der Waals surface area contributed by atoms with Crippen LogP contribution < -0.4 is 14.2 Å². The van der Waals surface area contributed by atoms with Crippen molar-refractivity contribution < 1.29 is 14.2 Å². The highest BCUT2D eigenvalue weighted by atomic mass is 35.5. The van der Waals surface area contributed by atoms with E-state index in [1.165, 1.54) is 0 Å². The smallest absolute Gasteiger partial charge is 0.140 e. The first kappa shape index (κ1) is 14.9. The number of rotatable bonds is 5. The number of benzene rings is 2. The van der Waals surface area contributed by atoms with Crippen LogP contribution in [0, 0.1) is 0 Å². The summed E-state index contributed by atoms with van der Waals surface area (Å²) in [5, 5.41) is 0.711. The number of hydrogen-bond acceptors (Lipinski definition) is 4. The Labute approximate surface area is 127 Å². The van der Waals surface area contributed by atoms with Crippen LogP contribution >= 0.6 is 23.4 Å². The standard InChI is InChI=1S/C15H15ClO3S/c1-17-11-8-13(18-2)15(14(9-11)19-3)20-12-6-4-10(16)5-7-12/h4-9H,1-3H3. The highest BCUT2D eigenvalue weighted by molar-refractivity contribution is 7.99. The van der Waals surface area contributed by atoms with Gasteiger partial charge < -0.3 is 14.2 Å². The van der Waals surface area contributed by atoms with E-state index in [1.54, 1.807) is 33.1 Å². The van der Waals surface area contributed by atoms with Gasteiger partial charge in [0.2, 0.25) is 0 Å². The van der Waals surface area contributed by atoms with Crippen molar-refractivity contribution in [3.05, 3.63) is 41.4 Å². The second-order valence-corrected chi connectivity index (χ2v) is 5.44. The topological polar surface area (TPSA) is 27.7 Å². The Kier molecular flexibility index (Phi) is 5.04. The molecule has 0 spiro atoms. The fourth-order valence-corrected chi connectivity index (χ4v) is 2.81. The maximum atomic E-state index is 5.90. The van der Waals surface area contributed by atoms with Crippen molar-refractivity contribution in [1.82, 2.24) is 0 Å². The molecule has 3 nitrogen and oxygen atoms in total. The third-order valence-electron chi connectivity index (χ3n) is 2.70. The monoisotopic (exact) mass is 310 g/mol. The van der Waals surface area contributed by atoms with Crippen LogP contribution in [-0.4, -0.2) is 21.3 Å². The first-order chi connectivity index (χ1) is 9.67. The molecule has 0 atom stereocenters. The highest BCUT2D eigenvalue weighted by Crippen LogP contribution is 2.44. The SMILES string of the molecule is COc1cc(OC)c(Sc2ccc(Cl)cc2)c(OC)c1. The Morgan fingerprint density at radius 1 is 0.850 bits per heavy atom. The zero-order valence-corrected chi connectivity index (χ0v) is 13.0. The molecule has 0 bridgehead atoms. The van der Waals surface area contributed by atoms with E-state index in [1.807, 2.05) is 36.4 Å². The molecule has 0 N–H and O–H groups in total. The molecule has 0 aromatic heterocycles. The molecule has 0 heterocycles. The molecule has 2 aromatic rings. The van der Waals surface area contributed by atoms with Gasteiger partial charge in [-0.3, -0.25) is 0 Å². The van der Waals surface area contributed by atoms with Crippen LogP contribution in [0.5, 0.6) is 17.2 Å². The second-order valence-electron chi connectivity index (χ2n) is 3.92. The van der Waals surface area contributed by atoms with Crippen molar-refractivity contribution in [2.24, 2.45) is 0 Å². The summed E-state index contributed by atoms with van der Waals surface area (Å²) < 4.78 is 16.1. The van der Waals surface area contributed by atoms with Crippen molar-refractivity contribution >= 4 is 23.4 Å². The van der Waals surface area contributed by atoms with Gasteiger partial charge >= 0.3 is 0 Å². The molecule has 2 rings (SSSR count). The summed E-state index contributed by atoms with van der Waals surface area (Å²) in [6.45, 7) is 0. The first-order valence-electron chi connectivity index (χ1n) is 5.91. The van der Waals surface area contributed by atoms with Crippen LogP contribution in [0.25, 0.3) is 0 Å². The molecule has 0 aliphatic heterocycles. The molecule has 2 aromatic carbocycles. The van der Waals surface area contributed by atoms with E-state index in [-0.39, 0.29) is 0 Å². The Balaban J connectivity index is 2.41. The van der Waals surface area contributed by atoms with Gasteiger partial charge in [-0.1, -0.05) is 23.4 Å². The molecule has 0 saturated carbocycles. The van der Waals surface area contributed by atoms with E-state index in [4.69, 9.17) is 25.8 Å². The maximum absolute atomic E-state index is 5.90. The normalized spacial score (nSPS) is 10.2. The lowest BCUT2D eigenvalue weighted by Crippen LogP contribution is -1.94. The van der Waals surface area contributed by atoms with Gasteiger partial charge in [0.25, 0.3) is 0 Å². The lowest BCUT2D eigenvalue weighted by Gasteiger charge is -2.14. The Bertz CT molecular complexity index is 559. The third-order valence-corrected chi connectivity index (χ3v) is 4.07.